The van der Waals surface area contributed by atoms with Crippen LogP contribution in [0.5, 0.6) is 5.75 Å². The van der Waals surface area contributed by atoms with Crippen molar-refractivity contribution in [3.8, 4) is 5.75 Å². The van der Waals surface area contributed by atoms with Gasteiger partial charge in [0, 0.05) is 19.2 Å². The lowest BCUT2D eigenvalue weighted by atomic mass is 10.2. The van der Waals surface area contributed by atoms with Gasteiger partial charge < -0.3 is 20.1 Å². The van der Waals surface area contributed by atoms with Crippen molar-refractivity contribution in [3.05, 3.63) is 24.0 Å². The summed E-state index contributed by atoms with van der Waals surface area (Å²) in [6, 6.07) is 4.22. The molecule has 0 spiro atoms. The standard InChI is InChI=1S/C14H21FN2O3/c1-14(2,3)20-13(18)17-8-7-16-11-6-5-10(15)9-12(11)19-4/h5-6,9,16H,7-8H2,1-4H3,(H,17,18). The van der Waals surface area contributed by atoms with E-state index in [1.54, 1.807) is 26.8 Å². The molecule has 1 aromatic carbocycles. The Morgan fingerprint density at radius 1 is 1.30 bits per heavy atom. The van der Waals surface area contributed by atoms with Gasteiger partial charge in [-0.2, -0.15) is 0 Å². The SMILES string of the molecule is COc1cc(F)ccc1NCCNC(=O)OC(C)(C)C. The van der Waals surface area contributed by atoms with E-state index in [4.69, 9.17) is 9.47 Å². The van der Waals surface area contributed by atoms with Gasteiger partial charge in [0.25, 0.3) is 0 Å². The molecule has 0 unspecified atom stereocenters. The number of amides is 1. The van der Waals surface area contributed by atoms with E-state index in [2.05, 4.69) is 10.6 Å². The molecule has 0 aromatic heterocycles. The van der Waals surface area contributed by atoms with E-state index in [0.29, 0.717) is 24.5 Å². The maximum Gasteiger partial charge on any atom is 0.407 e. The summed E-state index contributed by atoms with van der Waals surface area (Å²) < 4.78 is 23.2. The fraction of sp³-hybridized carbons (Fsp3) is 0.500. The maximum atomic E-state index is 13.0. The molecule has 0 radical (unpaired) electrons. The molecular formula is C14H21FN2O3. The first-order valence-electron chi connectivity index (χ1n) is 6.36. The van der Waals surface area contributed by atoms with Crippen molar-refractivity contribution in [2.24, 2.45) is 0 Å². The zero-order valence-corrected chi connectivity index (χ0v) is 12.2. The van der Waals surface area contributed by atoms with Gasteiger partial charge in [0.15, 0.2) is 0 Å². The summed E-state index contributed by atoms with van der Waals surface area (Å²) in [5.74, 6) is 0.0570. The molecule has 0 aliphatic carbocycles. The highest BCUT2D eigenvalue weighted by molar-refractivity contribution is 5.67. The van der Waals surface area contributed by atoms with Crippen LogP contribution < -0.4 is 15.4 Å². The zero-order chi connectivity index (χ0) is 15.2. The Hall–Kier alpha value is -1.98. The zero-order valence-electron chi connectivity index (χ0n) is 12.2. The topological polar surface area (TPSA) is 59.6 Å². The quantitative estimate of drug-likeness (QED) is 0.816. The van der Waals surface area contributed by atoms with E-state index < -0.39 is 11.7 Å². The third-order valence-corrected chi connectivity index (χ3v) is 2.27. The molecule has 0 aliphatic heterocycles. The van der Waals surface area contributed by atoms with E-state index >= 15 is 0 Å². The minimum atomic E-state index is -0.516. The van der Waals surface area contributed by atoms with Crippen molar-refractivity contribution in [3.63, 3.8) is 0 Å². The Kier molecular flexibility index (Phi) is 5.61. The van der Waals surface area contributed by atoms with E-state index in [1.165, 1.54) is 19.2 Å². The van der Waals surface area contributed by atoms with Crippen molar-refractivity contribution in [2.75, 3.05) is 25.5 Å². The first-order chi connectivity index (χ1) is 9.31. The number of carbonyl (C=O) groups is 1. The summed E-state index contributed by atoms with van der Waals surface area (Å²) in [6.07, 6.45) is -0.467. The van der Waals surface area contributed by atoms with Crippen molar-refractivity contribution in [1.29, 1.82) is 0 Å². The number of carbonyl (C=O) groups excluding carboxylic acids is 1. The van der Waals surface area contributed by atoms with Gasteiger partial charge >= 0.3 is 6.09 Å². The number of anilines is 1. The minimum absolute atomic E-state index is 0.362. The molecule has 6 heteroatoms. The predicted octanol–water partition coefficient (Wildman–Crippen LogP) is 2.77. The van der Waals surface area contributed by atoms with Gasteiger partial charge in [0.2, 0.25) is 0 Å². The Balaban J connectivity index is 2.36. The molecule has 1 rings (SSSR count). The van der Waals surface area contributed by atoms with Gasteiger partial charge in [-0.3, -0.25) is 0 Å². The molecule has 0 bridgehead atoms. The second-order valence-corrected chi connectivity index (χ2v) is 5.20. The van der Waals surface area contributed by atoms with Gasteiger partial charge in [-0.25, -0.2) is 9.18 Å². The van der Waals surface area contributed by atoms with Gasteiger partial charge in [-0.15, -0.1) is 0 Å². The van der Waals surface area contributed by atoms with Crippen LogP contribution in [0.4, 0.5) is 14.9 Å². The Labute approximate surface area is 118 Å². The van der Waals surface area contributed by atoms with Gasteiger partial charge in [-0.1, -0.05) is 0 Å². The highest BCUT2D eigenvalue weighted by Crippen LogP contribution is 2.24. The molecule has 5 nitrogen and oxygen atoms in total. The molecule has 1 aromatic rings. The molecule has 0 atom stereocenters. The summed E-state index contributed by atoms with van der Waals surface area (Å²) in [5.41, 5.74) is 0.150. The van der Waals surface area contributed by atoms with Gasteiger partial charge in [0.05, 0.1) is 12.8 Å². The molecular weight excluding hydrogens is 263 g/mol. The van der Waals surface area contributed by atoms with Gasteiger partial charge in [0.1, 0.15) is 17.2 Å². The summed E-state index contributed by atoms with van der Waals surface area (Å²) in [7, 11) is 1.47. The smallest absolute Gasteiger partial charge is 0.407 e. The lowest BCUT2D eigenvalue weighted by Gasteiger charge is -2.19. The summed E-state index contributed by atoms with van der Waals surface area (Å²) >= 11 is 0. The van der Waals surface area contributed by atoms with Crippen molar-refractivity contribution < 1.29 is 18.7 Å². The largest absolute Gasteiger partial charge is 0.494 e. The second-order valence-electron chi connectivity index (χ2n) is 5.20. The fourth-order valence-corrected chi connectivity index (χ4v) is 1.49. The first-order valence-corrected chi connectivity index (χ1v) is 6.36. The predicted molar refractivity (Wildman–Crippen MR) is 75.7 cm³/mol. The van der Waals surface area contributed by atoms with Crippen LogP contribution in [0, 0.1) is 5.82 Å². The molecule has 0 aliphatic rings. The molecule has 0 heterocycles. The number of hydrogen-bond donors (Lipinski definition) is 2. The summed E-state index contributed by atoms with van der Waals surface area (Å²) in [6.45, 7) is 6.26. The summed E-state index contributed by atoms with van der Waals surface area (Å²) in [4.78, 5) is 11.4. The number of benzene rings is 1. The molecule has 0 saturated heterocycles. The third kappa shape index (κ3) is 5.77. The Morgan fingerprint density at radius 3 is 2.60 bits per heavy atom. The van der Waals surface area contributed by atoms with Crippen molar-refractivity contribution >= 4 is 11.8 Å². The van der Waals surface area contributed by atoms with E-state index in [0.717, 1.165) is 0 Å². The van der Waals surface area contributed by atoms with Crippen LogP contribution in [0.15, 0.2) is 18.2 Å². The van der Waals surface area contributed by atoms with Crippen molar-refractivity contribution in [2.45, 2.75) is 26.4 Å². The van der Waals surface area contributed by atoms with E-state index in [-0.39, 0.29) is 5.82 Å². The van der Waals surface area contributed by atoms with Crippen LogP contribution in [0.3, 0.4) is 0 Å². The number of hydrogen-bond acceptors (Lipinski definition) is 4. The lowest BCUT2D eigenvalue weighted by Crippen LogP contribution is -2.35. The highest BCUT2D eigenvalue weighted by Gasteiger charge is 2.15. The minimum Gasteiger partial charge on any atom is -0.494 e. The Bertz CT molecular complexity index is 458. The normalized spacial score (nSPS) is 10.8. The average Bonchev–Trinajstić information content (AvgIpc) is 2.33. The molecule has 1 amide bonds. The molecule has 112 valence electrons. The number of halogens is 1. The van der Waals surface area contributed by atoms with Crippen LogP contribution in [0.1, 0.15) is 20.8 Å². The number of methoxy groups -OCH3 is 1. The molecule has 0 fully saturated rings. The highest BCUT2D eigenvalue weighted by atomic mass is 19.1. The van der Waals surface area contributed by atoms with Gasteiger partial charge in [-0.05, 0) is 32.9 Å². The third-order valence-electron chi connectivity index (χ3n) is 2.27. The van der Waals surface area contributed by atoms with Crippen LogP contribution in [-0.2, 0) is 4.74 Å². The summed E-state index contributed by atoms with van der Waals surface area (Å²) in [5, 5.41) is 5.67. The number of alkyl carbamates (subject to hydrolysis) is 1. The van der Waals surface area contributed by atoms with Crippen molar-refractivity contribution in [1.82, 2.24) is 5.32 Å². The van der Waals surface area contributed by atoms with Crippen LogP contribution in [0.2, 0.25) is 0 Å². The maximum absolute atomic E-state index is 13.0. The molecule has 0 saturated carbocycles. The molecule has 2 N–H and O–H groups in total. The van der Waals surface area contributed by atoms with Crippen LogP contribution in [0.25, 0.3) is 0 Å². The fourth-order valence-electron chi connectivity index (χ4n) is 1.49. The van der Waals surface area contributed by atoms with Crippen LogP contribution >= 0.6 is 0 Å². The van der Waals surface area contributed by atoms with E-state index in [1.807, 2.05) is 0 Å². The van der Waals surface area contributed by atoms with Crippen LogP contribution in [-0.4, -0.2) is 31.9 Å². The second kappa shape index (κ2) is 6.98. The number of nitrogens with one attached hydrogen (secondary N) is 2. The Morgan fingerprint density at radius 2 is 2.00 bits per heavy atom. The van der Waals surface area contributed by atoms with E-state index in [9.17, 15) is 9.18 Å². The monoisotopic (exact) mass is 284 g/mol. The average molecular weight is 284 g/mol. The number of ether oxygens (including phenoxy) is 2. The molecule has 20 heavy (non-hydrogen) atoms. The lowest BCUT2D eigenvalue weighted by molar-refractivity contribution is 0.0530. The first kappa shape index (κ1) is 16.1. The number of rotatable bonds is 5.